The van der Waals surface area contributed by atoms with E-state index in [0.717, 1.165) is 12.1 Å². The van der Waals surface area contributed by atoms with Gasteiger partial charge in [0.25, 0.3) is 0 Å². The van der Waals surface area contributed by atoms with Crippen LogP contribution in [-0.2, 0) is 23.7 Å². The molecule has 4 rings (SSSR count). The molecule has 0 spiro atoms. The SMILES string of the molecule is COC(C)(C)O[C@H](C)[C@@H]1O[C@@H]2OC(C)(C)O[C@H]2C1n1cc(-c2cc(F)c(F)c(F)c2)nn1. The lowest BCUT2D eigenvalue weighted by molar-refractivity contribution is -0.263. The van der Waals surface area contributed by atoms with Crippen LogP contribution >= 0.6 is 0 Å². The smallest absolute Gasteiger partial charge is 0.194 e. The first-order valence-electron chi connectivity index (χ1n) is 10.2. The Morgan fingerprint density at radius 3 is 2.44 bits per heavy atom. The number of fused-ring (bicyclic) bond motifs is 1. The highest BCUT2D eigenvalue weighted by Crippen LogP contribution is 2.45. The molecular formula is C21H26F3N3O5. The number of hydrogen-bond donors (Lipinski definition) is 0. The highest BCUT2D eigenvalue weighted by molar-refractivity contribution is 5.57. The Morgan fingerprint density at radius 2 is 1.81 bits per heavy atom. The van der Waals surface area contributed by atoms with Crippen molar-refractivity contribution in [2.75, 3.05) is 7.11 Å². The molecule has 1 unspecified atom stereocenters. The minimum Gasteiger partial charge on any atom is -0.354 e. The third-order valence-electron chi connectivity index (χ3n) is 5.57. The van der Waals surface area contributed by atoms with E-state index in [-0.39, 0.29) is 11.3 Å². The third kappa shape index (κ3) is 4.27. The van der Waals surface area contributed by atoms with Gasteiger partial charge in [0.2, 0.25) is 0 Å². The first-order valence-corrected chi connectivity index (χ1v) is 10.2. The Balaban J connectivity index is 1.67. The molecule has 3 heterocycles. The summed E-state index contributed by atoms with van der Waals surface area (Å²) < 4.78 is 71.6. The first kappa shape index (κ1) is 23.1. The average Bonchev–Trinajstić information content (AvgIpc) is 3.37. The minimum atomic E-state index is -1.54. The molecule has 8 nitrogen and oxygen atoms in total. The molecule has 0 saturated carbocycles. The summed E-state index contributed by atoms with van der Waals surface area (Å²) in [6, 6.07) is 1.20. The predicted octanol–water partition coefficient (Wildman–Crippen LogP) is 3.57. The number of hydrogen-bond acceptors (Lipinski definition) is 7. The van der Waals surface area contributed by atoms with E-state index < -0.39 is 59.7 Å². The molecule has 2 fully saturated rings. The Morgan fingerprint density at radius 1 is 1.16 bits per heavy atom. The highest BCUT2D eigenvalue weighted by atomic mass is 19.2. The number of halogens is 3. The van der Waals surface area contributed by atoms with Crippen molar-refractivity contribution < 1.29 is 36.9 Å². The fraction of sp³-hybridized carbons (Fsp3) is 0.619. The molecular weight excluding hydrogens is 431 g/mol. The summed E-state index contributed by atoms with van der Waals surface area (Å²) in [5.41, 5.74) is 0.211. The zero-order valence-corrected chi connectivity index (χ0v) is 18.6. The van der Waals surface area contributed by atoms with Crippen molar-refractivity contribution in [3.8, 4) is 11.3 Å². The number of nitrogens with zero attached hydrogens (tertiary/aromatic N) is 3. The number of benzene rings is 1. The van der Waals surface area contributed by atoms with E-state index in [1.165, 1.54) is 18.0 Å². The lowest BCUT2D eigenvalue weighted by atomic mass is 10.0. The summed E-state index contributed by atoms with van der Waals surface area (Å²) in [4.78, 5) is 0. The summed E-state index contributed by atoms with van der Waals surface area (Å²) in [5, 5.41) is 8.16. The second-order valence-electron chi connectivity index (χ2n) is 8.82. The van der Waals surface area contributed by atoms with Crippen molar-refractivity contribution in [1.82, 2.24) is 15.0 Å². The van der Waals surface area contributed by atoms with Crippen LogP contribution in [0.5, 0.6) is 0 Å². The molecule has 1 aromatic heterocycles. The van der Waals surface area contributed by atoms with Crippen molar-refractivity contribution in [1.29, 1.82) is 0 Å². The van der Waals surface area contributed by atoms with E-state index in [0.29, 0.717) is 0 Å². The van der Waals surface area contributed by atoms with Gasteiger partial charge in [0, 0.05) is 12.7 Å². The number of methoxy groups -OCH3 is 1. The summed E-state index contributed by atoms with van der Waals surface area (Å²) in [5.74, 6) is -5.91. The van der Waals surface area contributed by atoms with Gasteiger partial charge in [-0.1, -0.05) is 5.21 Å². The van der Waals surface area contributed by atoms with Crippen LogP contribution in [0, 0.1) is 17.5 Å². The molecule has 0 bridgehead atoms. The monoisotopic (exact) mass is 457 g/mol. The molecule has 2 saturated heterocycles. The Bertz CT molecular complexity index is 976. The Hall–Kier alpha value is -2.05. The summed E-state index contributed by atoms with van der Waals surface area (Å²) in [6.07, 6.45) is -0.748. The molecule has 0 N–H and O–H groups in total. The van der Waals surface area contributed by atoms with Crippen molar-refractivity contribution >= 4 is 0 Å². The van der Waals surface area contributed by atoms with E-state index in [2.05, 4.69) is 10.3 Å². The molecule has 5 atom stereocenters. The number of ether oxygens (including phenoxy) is 5. The normalized spacial score (nSPS) is 28.2. The molecule has 1 aromatic carbocycles. The van der Waals surface area contributed by atoms with Gasteiger partial charge in [-0.25, -0.2) is 17.9 Å². The van der Waals surface area contributed by atoms with Gasteiger partial charge in [-0.05, 0) is 46.8 Å². The molecule has 2 aliphatic rings. The molecule has 0 amide bonds. The first-order chi connectivity index (χ1) is 14.9. The molecule has 0 radical (unpaired) electrons. The van der Waals surface area contributed by atoms with E-state index in [4.69, 9.17) is 23.7 Å². The van der Waals surface area contributed by atoms with E-state index >= 15 is 0 Å². The molecule has 2 aromatic rings. The van der Waals surface area contributed by atoms with Crippen LogP contribution in [0.1, 0.15) is 40.7 Å². The van der Waals surface area contributed by atoms with Crippen LogP contribution < -0.4 is 0 Å². The van der Waals surface area contributed by atoms with Crippen LogP contribution in [-0.4, -0.2) is 58.3 Å². The second-order valence-corrected chi connectivity index (χ2v) is 8.82. The number of aromatic nitrogens is 3. The fourth-order valence-corrected chi connectivity index (χ4v) is 4.03. The van der Waals surface area contributed by atoms with Crippen molar-refractivity contribution in [3.05, 3.63) is 35.8 Å². The Labute approximate surface area is 183 Å². The zero-order valence-electron chi connectivity index (χ0n) is 18.6. The van der Waals surface area contributed by atoms with Gasteiger partial charge in [0.15, 0.2) is 35.3 Å². The van der Waals surface area contributed by atoms with Gasteiger partial charge in [-0.3, -0.25) is 0 Å². The largest absolute Gasteiger partial charge is 0.354 e. The third-order valence-corrected chi connectivity index (χ3v) is 5.57. The van der Waals surface area contributed by atoms with Crippen LogP contribution in [0.15, 0.2) is 18.3 Å². The lowest BCUT2D eigenvalue weighted by Crippen LogP contribution is -2.43. The summed E-state index contributed by atoms with van der Waals surface area (Å²) in [7, 11) is 1.54. The zero-order chi connectivity index (χ0) is 23.4. The molecule has 2 aliphatic heterocycles. The van der Waals surface area contributed by atoms with Gasteiger partial charge in [-0.2, -0.15) is 0 Å². The standard InChI is InChI=1S/C21H26F3N3O5/c1-10(30-20(2,3)28-6)17-16(18-19(29-17)32-21(4,5)31-18)27-9-14(25-26-27)11-7-12(22)15(24)13(23)8-11/h7-10,16-19H,1-6H3/t10-,16?,17+,18+,19-/m1/s1. The quantitative estimate of drug-likeness (QED) is 0.485. The fourth-order valence-electron chi connectivity index (χ4n) is 4.03. The maximum Gasteiger partial charge on any atom is 0.194 e. The van der Waals surface area contributed by atoms with Gasteiger partial charge in [0.05, 0.1) is 12.3 Å². The Kier molecular flexibility index (Phi) is 5.83. The molecule has 11 heteroatoms. The summed E-state index contributed by atoms with van der Waals surface area (Å²) >= 11 is 0. The maximum atomic E-state index is 13.7. The maximum absolute atomic E-state index is 13.7. The average molecular weight is 457 g/mol. The van der Waals surface area contributed by atoms with Gasteiger partial charge >= 0.3 is 0 Å². The molecule has 0 aliphatic carbocycles. The van der Waals surface area contributed by atoms with Crippen molar-refractivity contribution in [3.63, 3.8) is 0 Å². The number of rotatable bonds is 6. The van der Waals surface area contributed by atoms with Crippen molar-refractivity contribution in [2.45, 2.75) is 76.8 Å². The van der Waals surface area contributed by atoms with Gasteiger partial charge < -0.3 is 23.7 Å². The van der Waals surface area contributed by atoms with Crippen LogP contribution in [0.4, 0.5) is 13.2 Å². The highest BCUT2D eigenvalue weighted by Gasteiger charge is 2.57. The topological polar surface area (TPSA) is 76.9 Å². The summed E-state index contributed by atoms with van der Waals surface area (Å²) in [6.45, 7) is 8.91. The van der Waals surface area contributed by atoms with Gasteiger partial charge in [0.1, 0.15) is 23.9 Å². The lowest BCUT2D eigenvalue weighted by Gasteiger charge is -2.33. The predicted molar refractivity (Wildman–Crippen MR) is 105 cm³/mol. The van der Waals surface area contributed by atoms with Gasteiger partial charge in [-0.15, -0.1) is 5.10 Å². The van der Waals surface area contributed by atoms with E-state index in [1.54, 1.807) is 27.7 Å². The molecule has 176 valence electrons. The van der Waals surface area contributed by atoms with E-state index in [9.17, 15) is 13.2 Å². The van der Waals surface area contributed by atoms with Crippen LogP contribution in [0.3, 0.4) is 0 Å². The molecule has 32 heavy (non-hydrogen) atoms. The van der Waals surface area contributed by atoms with Crippen LogP contribution in [0.2, 0.25) is 0 Å². The van der Waals surface area contributed by atoms with Crippen molar-refractivity contribution in [2.24, 2.45) is 0 Å². The minimum absolute atomic E-state index is 0.0494. The van der Waals surface area contributed by atoms with E-state index in [1.807, 2.05) is 6.92 Å². The second kappa shape index (κ2) is 8.07. The van der Waals surface area contributed by atoms with Crippen LogP contribution in [0.25, 0.3) is 11.3 Å².